The molecule has 0 aliphatic rings. The molecule has 34 heavy (non-hydrogen) atoms. The molecule has 0 saturated heterocycles. The van der Waals surface area contributed by atoms with Crippen LogP contribution < -0.4 is 10.1 Å². The third kappa shape index (κ3) is 4.56. The fourth-order valence-electron chi connectivity index (χ4n) is 3.36. The molecule has 4 aromatic rings. The lowest BCUT2D eigenvalue weighted by atomic mass is 10.1. The van der Waals surface area contributed by atoms with Crippen LogP contribution in [-0.2, 0) is 7.05 Å². The molecule has 0 atom stereocenters. The van der Waals surface area contributed by atoms with Gasteiger partial charge in [0, 0.05) is 38.6 Å². The summed E-state index contributed by atoms with van der Waals surface area (Å²) in [6, 6.07) is 8.40. The number of rotatable bonds is 8. The quantitative estimate of drug-likeness (QED) is 0.425. The second kappa shape index (κ2) is 9.65. The molecule has 0 aliphatic heterocycles. The van der Waals surface area contributed by atoms with E-state index in [1.165, 1.54) is 29.9 Å². The number of fused-ring (bicyclic) bond motifs is 1. The number of aryl methyl sites for hydroxylation is 1. The first kappa shape index (κ1) is 22.8. The summed E-state index contributed by atoms with van der Waals surface area (Å²) in [5.74, 6) is -0.223. The lowest BCUT2D eigenvalue weighted by Crippen LogP contribution is -2.30. The summed E-state index contributed by atoms with van der Waals surface area (Å²) >= 11 is 0. The highest BCUT2D eigenvalue weighted by Gasteiger charge is 2.24. The number of nitrogens with one attached hydrogen (secondary N) is 1. The Kier molecular flexibility index (Phi) is 6.48. The Morgan fingerprint density at radius 1 is 1.21 bits per heavy atom. The van der Waals surface area contributed by atoms with E-state index in [9.17, 15) is 18.4 Å². The monoisotopic (exact) mass is 469 g/mol. The van der Waals surface area contributed by atoms with Crippen molar-refractivity contribution in [3.63, 3.8) is 0 Å². The van der Waals surface area contributed by atoms with Crippen molar-refractivity contribution in [2.75, 3.05) is 32.4 Å². The molecule has 4 rings (SSSR count). The third-order valence-corrected chi connectivity index (χ3v) is 5.07. The fraction of sp³-hybridized carbons (Fsp3) is 0.227. The molecular formula is C22H21F2N7O3. The zero-order valence-electron chi connectivity index (χ0n) is 18.4. The van der Waals surface area contributed by atoms with Crippen LogP contribution in [0.3, 0.4) is 0 Å². The predicted molar refractivity (Wildman–Crippen MR) is 119 cm³/mol. The van der Waals surface area contributed by atoms with Crippen molar-refractivity contribution in [3.05, 3.63) is 60.2 Å². The zero-order valence-corrected chi connectivity index (χ0v) is 18.4. The van der Waals surface area contributed by atoms with Gasteiger partial charge in [-0.3, -0.25) is 18.7 Å². The molecule has 12 heteroatoms. The normalized spacial score (nSPS) is 10.9. The number of imidazole rings is 1. The molecule has 0 bridgehead atoms. The standard InChI is InChI=1S/C22H21F2N7O3/c1-29(9-7-23)21(33)16-11-25-30(2)19(16)20(32)27-18-6-8-31-12-17(26-22(31)28-18)14-4-3-5-15(10-14)34-13-24/h3-6,8,10-12H,7,9,13H2,1-2H3,(H,26,27,28,32). The molecule has 10 nitrogen and oxygen atoms in total. The van der Waals surface area contributed by atoms with Gasteiger partial charge in [0.1, 0.15) is 23.9 Å². The Balaban J connectivity index is 1.58. The molecule has 1 N–H and O–H groups in total. The van der Waals surface area contributed by atoms with Crippen molar-refractivity contribution in [3.8, 4) is 17.0 Å². The summed E-state index contributed by atoms with van der Waals surface area (Å²) in [4.78, 5) is 35.5. The smallest absolute Gasteiger partial charge is 0.275 e. The Bertz CT molecular complexity index is 1350. The molecule has 0 spiro atoms. The Morgan fingerprint density at radius 3 is 2.79 bits per heavy atom. The van der Waals surface area contributed by atoms with Crippen molar-refractivity contribution >= 4 is 23.4 Å². The third-order valence-electron chi connectivity index (χ3n) is 5.07. The van der Waals surface area contributed by atoms with Gasteiger partial charge in [0.2, 0.25) is 12.6 Å². The van der Waals surface area contributed by atoms with Crippen LogP contribution in [0.4, 0.5) is 14.6 Å². The van der Waals surface area contributed by atoms with Gasteiger partial charge in [-0.15, -0.1) is 0 Å². The van der Waals surface area contributed by atoms with Crippen LogP contribution >= 0.6 is 0 Å². The number of carbonyl (C=O) groups is 2. The lowest BCUT2D eigenvalue weighted by Gasteiger charge is -2.15. The van der Waals surface area contributed by atoms with Crippen LogP contribution in [0.1, 0.15) is 20.8 Å². The van der Waals surface area contributed by atoms with E-state index in [0.29, 0.717) is 22.8 Å². The van der Waals surface area contributed by atoms with Crippen molar-refractivity contribution < 1.29 is 23.1 Å². The minimum Gasteiger partial charge on any atom is -0.463 e. The van der Waals surface area contributed by atoms with E-state index in [-0.39, 0.29) is 23.6 Å². The van der Waals surface area contributed by atoms with Gasteiger partial charge in [0.05, 0.1) is 17.5 Å². The summed E-state index contributed by atoms with van der Waals surface area (Å²) in [5.41, 5.74) is 1.36. The van der Waals surface area contributed by atoms with Crippen LogP contribution in [0.2, 0.25) is 0 Å². The summed E-state index contributed by atoms with van der Waals surface area (Å²) in [6.45, 7) is -1.74. The van der Waals surface area contributed by atoms with Gasteiger partial charge >= 0.3 is 0 Å². The number of anilines is 1. The lowest BCUT2D eigenvalue weighted by molar-refractivity contribution is 0.0780. The number of nitrogens with zero attached hydrogens (tertiary/aromatic N) is 6. The highest BCUT2D eigenvalue weighted by atomic mass is 19.1. The Labute approximate surface area is 192 Å². The number of hydrogen-bond acceptors (Lipinski definition) is 6. The van der Waals surface area contributed by atoms with E-state index in [1.54, 1.807) is 47.1 Å². The molecule has 0 aliphatic carbocycles. The van der Waals surface area contributed by atoms with Crippen molar-refractivity contribution in [1.29, 1.82) is 0 Å². The van der Waals surface area contributed by atoms with E-state index in [4.69, 9.17) is 4.74 Å². The summed E-state index contributed by atoms with van der Waals surface area (Å²) in [6.07, 6.45) is 4.67. The molecule has 0 fully saturated rings. The second-order valence-electron chi connectivity index (χ2n) is 7.33. The van der Waals surface area contributed by atoms with Gasteiger partial charge in [-0.25, -0.2) is 13.8 Å². The predicted octanol–water partition coefficient (Wildman–Crippen LogP) is 2.73. The number of benzene rings is 1. The molecule has 3 aromatic heterocycles. The van der Waals surface area contributed by atoms with Crippen LogP contribution in [0.5, 0.6) is 5.75 Å². The van der Waals surface area contributed by atoms with Gasteiger partial charge < -0.3 is 15.0 Å². The number of carbonyl (C=O) groups excluding carboxylic acids is 2. The highest BCUT2D eigenvalue weighted by molar-refractivity contribution is 6.10. The number of ether oxygens (including phenoxy) is 1. The number of alkyl halides is 2. The van der Waals surface area contributed by atoms with Gasteiger partial charge in [-0.2, -0.15) is 10.1 Å². The maximum atomic E-state index is 12.9. The van der Waals surface area contributed by atoms with Crippen LogP contribution in [-0.4, -0.2) is 68.0 Å². The average Bonchev–Trinajstić information content (AvgIpc) is 3.42. The first-order valence-corrected chi connectivity index (χ1v) is 10.2. The maximum Gasteiger partial charge on any atom is 0.275 e. The topological polar surface area (TPSA) is 107 Å². The minimum atomic E-state index is -0.935. The Morgan fingerprint density at radius 2 is 2.03 bits per heavy atom. The van der Waals surface area contributed by atoms with Gasteiger partial charge in [-0.1, -0.05) is 12.1 Å². The molecule has 0 unspecified atom stereocenters. The van der Waals surface area contributed by atoms with Crippen LogP contribution in [0.25, 0.3) is 17.0 Å². The molecule has 176 valence electrons. The Hall–Kier alpha value is -4.35. The highest BCUT2D eigenvalue weighted by Crippen LogP contribution is 2.24. The fourth-order valence-corrected chi connectivity index (χ4v) is 3.36. The SMILES string of the molecule is CN(CCF)C(=O)c1cnn(C)c1C(=O)Nc1ccn2cc(-c3cccc(OCF)c3)nc2n1. The van der Waals surface area contributed by atoms with Crippen molar-refractivity contribution in [2.24, 2.45) is 7.05 Å². The molecule has 0 radical (unpaired) electrons. The molecular weight excluding hydrogens is 448 g/mol. The molecule has 1 aromatic carbocycles. The largest absolute Gasteiger partial charge is 0.463 e. The van der Waals surface area contributed by atoms with Crippen molar-refractivity contribution in [2.45, 2.75) is 0 Å². The second-order valence-corrected chi connectivity index (χ2v) is 7.33. The summed E-state index contributed by atoms with van der Waals surface area (Å²) in [5, 5.41) is 6.64. The maximum absolute atomic E-state index is 12.9. The van der Waals surface area contributed by atoms with E-state index in [1.807, 2.05) is 0 Å². The molecule has 3 heterocycles. The first-order valence-electron chi connectivity index (χ1n) is 10.2. The van der Waals surface area contributed by atoms with E-state index < -0.39 is 25.3 Å². The number of aromatic nitrogens is 5. The van der Waals surface area contributed by atoms with Gasteiger partial charge in [-0.05, 0) is 18.2 Å². The molecule has 0 saturated carbocycles. The van der Waals surface area contributed by atoms with Gasteiger partial charge in [0.15, 0.2) is 0 Å². The zero-order chi connectivity index (χ0) is 24.2. The van der Waals surface area contributed by atoms with Crippen LogP contribution in [0.15, 0.2) is 48.9 Å². The van der Waals surface area contributed by atoms with E-state index in [0.717, 1.165) is 0 Å². The van der Waals surface area contributed by atoms with Gasteiger partial charge in [0.25, 0.3) is 11.8 Å². The number of halogens is 2. The number of amides is 2. The number of hydrogen-bond donors (Lipinski definition) is 1. The van der Waals surface area contributed by atoms with E-state index in [2.05, 4.69) is 20.4 Å². The summed E-state index contributed by atoms with van der Waals surface area (Å²) in [7, 11) is 2.97. The van der Waals surface area contributed by atoms with Crippen LogP contribution in [0, 0.1) is 0 Å². The first-order chi connectivity index (χ1) is 16.4. The van der Waals surface area contributed by atoms with Crippen molar-refractivity contribution in [1.82, 2.24) is 29.0 Å². The molecule has 2 amide bonds. The minimum absolute atomic E-state index is 0.0195. The average molecular weight is 469 g/mol. The van der Waals surface area contributed by atoms with E-state index >= 15 is 0 Å². The summed E-state index contributed by atoms with van der Waals surface area (Å²) < 4.78 is 32.9.